The van der Waals surface area contributed by atoms with Gasteiger partial charge in [0.2, 0.25) is 0 Å². The van der Waals surface area contributed by atoms with Crippen LogP contribution in [0.3, 0.4) is 0 Å². The third-order valence-corrected chi connectivity index (χ3v) is 4.01. The summed E-state index contributed by atoms with van der Waals surface area (Å²) in [5.41, 5.74) is 0. The van der Waals surface area contributed by atoms with Crippen LogP contribution in [0.25, 0.3) is 10.8 Å². The van der Waals surface area contributed by atoms with Gasteiger partial charge in [-0.1, -0.05) is 28.1 Å². The predicted molar refractivity (Wildman–Crippen MR) is 79.5 cm³/mol. The molecule has 2 aromatic rings. The van der Waals surface area contributed by atoms with Crippen molar-refractivity contribution in [3.8, 4) is 5.75 Å². The largest absolute Gasteiger partial charge is 0.490 e. The van der Waals surface area contributed by atoms with Crippen LogP contribution in [0.1, 0.15) is 25.7 Å². The van der Waals surface area contributed by atoms with Gasteiger partial charge in [-0.3, -0.25) is 4.79 Å². The number of hydrogen-bond donors (Lipinski definition) is 0. The second kappa shape index (κ2) is 5.33. The van der Waals surface area contributed by atoms with Crippen LogP contribution >= 0.6 is 15.9 Å². The van der Waals surface area contributed by atoms with Crippen LogP contribution in [0, 0.1) is 0 Å². The molecule has 0 N–H and O–H groups in total. The second-order valence-corrected chi connectivity index (χ2v) is 5.94. The predicted octanol–water partition coefficient (Wildman–Crippen LogP) is 4.49. The molecule has 1 aliphatic rings. The van der Waals surface area contributed by atoms with Crippen molar-refractivity contribution in [3.63, 3.8) is 0 Å². The molecule has 2 aromatic carbocycles. The molecule has 0 aliphatic heterocycles. The van der Waals surface area contributed by atoms with Crippen LogP contribution in [-0.2, 0) is 4.79 Å². The molecule has 3 heteroatoms. The quantitative estimate of drug-likeness (QED) is 0.815. The Balaban J connectivity index is 1.81. The van der Waals surface area contributed by atoms with Gasteiger partial charge in [-0.25, -0.2) is 0 Å². The summed E-state index contributed by atoms with van der Waals surface area (Å²) in [7, 11) is 0. The highest BCUT2D eigenvalue weighted by Crippen LogP contribution is 2.27. The maximum atomic E-state index is 11.4. The zero-order chi connectivity index (χ0) is 13.2. The fraction of sp³-hybridized carbons (Fsp3) is 0.312. The smallest absolute Gasteiger partial charge is 0.136 e. The van der Waals surface area contributed by atoms with Crippen molar-refractivity contribution in [2.24, 2.45) is 0 Å². The lowest BCUT2D eigenvalue weighted by Crippen LogP contribution is -2.25. The first kappa shape index (κ1) is 12.7. The maximum Gasteiger partial charge on any atom is 0.136 e. The first-order chi connectivity index (χ1) is 9.20. The third-order valence-electron chi connectivity index (χ3n) is 3.51. The van der Waals surface area contributed by atoms with Gasteiger partial charge >= 0.3 is 0 Å². The summed E-state index contributed by atoms with van der Waals surface area (Å²) in [5.74, 6) is 1.18. The lowest BCUT2D eigenvalue weighted by molar-refractivity contribution is -0.122. The summed E-state index contributed by atoms with van der Waals surface area (Å²) in [6.45, 7) is 0. The molecular formula is C16H15BrO2. The first-order valence-corrected chi connectivity index (χ1v) is 7.38. The molecule has 3 rings (SSSR count). The minimum absolute atomic E-state index is 0.0501. The molecular weight excluding hydrogens is 304 g/mol. The van der Waals surface area contributed by atoms with E-state index in [-0.39, 0.29) is 6.10 Å². The number of hydrogen-bond acceptors (Lipinski definition) is 2. The Morgan fingerprint density at radius 2 is 1.89 bits per heavy atom. The van der Waals surface area contributed by atoms with E-state index in [0.717, 1.165) is 28.5 Å². The van der Waals surface area contributed by atoms with Crippen molar-refractivity contribution < 1.29 is 9.53 Å². The molecule has 1 fully saturated rings. The SMILES string of the molecule is O=C1CCCC(Oc2ccc3cc(Br)ccc3c2)C1. The molecule has 0 radical (unpaired) electrons. The van der Waals surface area contributed by atoms with Crippen LogP contribution in [0.15, 0.2) is 40.9 Å². The first-order valence-electron chi connectivity index (χ1n) is 6.58. The van der Waals surface area contributed by atoms with Crippen molar-refractivity contribution in [1.82, 2.24) is 0 Å². The van der Waals surface area contributed by atoms with Gasteiger partial charge in [-0.05, 0) is 47.9 Å². The van der Waals surface area contributed by atoms with Crippen LogP contribution < -0.4 is 4.74 Å². The van der Waals surface area contributed by atoms with E-state index in [1.165, 1.54) is 5.39 Å². The van der Waals surface area contributed by atoms with Crippen LogP contribution in [0.5, 0.6) is 5.75 Å². The lowest BCUT2D eigenvalue weighted by Gasteiger charge is -2.22. The Morgan fingerprint density at radius 1 is 1.11 bits per heavy atom. The van der Waals surface area contributed by atoms with Gasteiger partial charge in [0, 0.05) is 17.3 Å². The Labute approximate surface area is 120 Å². The van der Waals surface area contributed by atoms with Gasteiger partial charge in [-0.15, -0.1) is 0 Å². The molecule has 98 valence electrons. The fourth-order valence-corrected chi connectivity index (χ4v) is 2.92. The van der Waals surface area contributed by atoms with Crippen molar-refractivity contribution in [2.75, 3.05) is 0 Å². The van der Waals surface area contributed by atoms with E-state index in [1.54, 1.807) is 0 Å². The molecule has 19 heavy (non-hydrogen) atoms. The van der Waals surface area contributed by atoms with E-state index in [9.17, 15) is 4.79 Å². The monoisotopic (exact) mass is 318 g/mol. The van der Waals surface area contributed by atoms with Crippen LogP contribution in [0.4, 0.5) is 0 Å². The van der Waals surface area contributed by atoms with E-state index < -0.39 is 0 Å². The van der Waals surface area contributed by atoms with Gasteiger partial charge < -0.3 is 4.74 Å². The number of benzene rings is 2. The van der Waals surface area contributed by atoms with Gasteiger partial charge in [0.25, 0.3) is 0 Å². The Morgan fingerprint density at radius 3 is 2.74 bits per heavy atom. The molecule has 0 heterocycles. The molecule has 1 atom stereocenters. The molecule has 0 aromatic heterocycles. The number of fused-ring (bicyclic) bond motifs is 1. The number of carbonyl (C=O) groups is 1. The number of ether oxygens (including phenoxy) is 1. The Hall–Kier alpha value is -1.35. The van der Waals surface area contributed by atoms with Crippen LogP contribution in [0.2, 0.25) is 0 Å². The summed E-state index contributed by atoms with van der Waals surface area (Å²) in [6.07, 6.45) is 3.24. The summed E-state index contributed by atoms with van der Waals surface area (Å²) < 4.78 is 7.01. The molecule has 2 nitrogen and oxygen atoms in total. The van der Waals surface area contributed by atoms with E-state index in [1.807, 2.05) is 18.2 Å². The molecule has 1 aliphatic carbocycles. The number of Topliss-reactive ketones (excluding diaryl/α,β-unsaturated/α-hetero) is 1. The van der Waals surface area contributed by atoms with E-state index >= 15 is 0 Å². The van der Waals surface area contributed by atoms with Gasteiger partial charge in [0.05, 0.1) is 0 Å². The lowest BCUT2D eigenvalue weighted by atomic mass is 9.96. The van der Waals surface area contributed by atoms with Gasteiger partial charge in [0.15, 0.2) is 0 Å². The minimum atomic E-state index is 0.0501. The van der Waals surface area contributed by atoms with Crippen molar-refractivity contribution >= 4 is 32.5 Å². The maximum absolute atomic E-state index is 11.4. The highest BCUT2D eigenvalue weighted by molar-refractivity contribution is 9.10. The van der Waals surface area contributed by atoms with Gasteiger partial charge in [-0.2, -0.15) is 0 Å². The van der Waals surface area contributed by atoms with E-state index in [2.05, 4.69) is 34.1 Å². The molecule has 1 unspecified atom stereocenters. The number of rotatable bonds is 2. The molecule has 0 saturated heterocycles. The average molecular weight is 319 g/mol. The summed E-state index contributed by atoms with van der Waals surface area (Å²) in [5, 5.41) is 2.34. The summed E-state index contributed by atoms with van der Waals surface area (Å²) >= 11 is 3.47. The highest BCUT2D eigenvalue weighted by Gasteiger charge is 2.20. The van der Waals surface area contributed by atoms with Crippen molar-refractivity contribution in [3.05, 3.63) is 40.9 Å². The number of carbonyl (C=O) groups excluding carboxylic acids is 1. The van der Waals surface area contributed by atoms with Crippen molar-refractivity contribution in [1.29, 1.82) is 0 Å². The molecule has 1 saturated carbocycles. The fourth-order valence-electron chi connectivity index (χ4n) is 2.55. The van der Waals surface area contributed by atoms with Crippen LogP contribution in [-0.4, -0.2) is 11.9 Å². The second-order valence-electron chi connectivity index (χ2n) is 5.03. The minimum Gasteiger partial charge on any atom is -0.490 e. The normalized spacial score (nSPS) is 19.6. The standard InChI is InChI=1S/C16H15BrO2/c17-13-6-4-12-9-16(7-5-11(12)8-13)19-15-3-1-2-14(18)10-15/h4-9,15H,1-3,10H2. The molecule has 0 bridgehead atoms. The summed E-state index contributed by atoms with van der Waals surface area (Å²) in [6, 6.07) is 12.3. The van der Waals surface area contributed by atoms with E-state index in [0.29, 0.717) is 18.6 Å². The molecule has 0 spiro atoms. The topological polar surface area (TPSA) is 26.3 Å². The Kier molecular flexibility index (Phi) is 3.56. The van der Waals surface area contributed by atoms with Gasteiger partial charge in [0.1, 0.15) is 17.6 Å². The highest BCUT2D eigenvalue weighted by atomic mass is 79.9. The average Bonchev–Trinajstić information content (AvgIpc) is 2.39. The number of ketones is 1. The number of halogens is 1. The van der Waals surface area contributed by atoms with E-state index in [4.69, 9.17) is 4.74 Å². The third kappa shape index (κ3) is 2.98. The summed E-state index contributed by atoms with van der Waals surface area (Å²) in [4.78, 5) is 11.4. The molecule has 0 amide bonds. The van der Waals surface area contributed by atoms with Crippen molar-refractivity contribution in [2.45, 2.75) is 31.8 Å². The zero-order valence-corrected chi connectivity index (χ0v) is 12.2. The Bertz CT molecular complexity index is 621. The zero-order valence-electron chi connectivity index (χ0n) is 10.6.